The summed E-state index contributed by atoms with van der Waals surface area (Å²) in [5, 5.41) is 2.94. The number of hydrogen-bond acceptors (Lipinski definition) is 1. The van der Waals surface area contributed by atoms with Crippen LogP contribution in [0, 0.1) is 11.7 Å². The van der Waals surface area contributed by atoms with Gasteiger partial charge in [-0.2, -0.15) is 0 Å². The summed E-state index contributed by atoms with van der Waals surface area (Å²) in [5.41, 5.74) is 0.368. The van der Waals surface area contributed by atoms with E-state index in [1.165, 1.54) is 12.1 Å². The Morgan fingerprint density at radius 1 is 1.59 bits per heavy atom. The van der Waals surface area contributed by atoms with Gasteiger partial charge in [-0.3, -0.25) is 4.79 Å². The van der Waals surface area contributed by atoms with E-state index >= 15 is 0 Å². The van der Waals surface area contributed by atoms with E-state index < -0.39 is 0 Å². The first-order valence-corrected chi connectivity index (χ1v) is 6.67. The van der Waals surface area contributed by atoms with E-state index in [0.717, 1.165) is 19.3 Å². The highest BCUT2D eigenvalue weighted by Gasteiger charge is 2.37. The van der Waals surface area contributed by atoms with E-state index in [0.29, 0.717) is 16.0 Å². The largest absolute Gasteiger partial charge is 0.349 e. The van der Waals surface area contributed by atoms with Crippen molar-refractivity contribution < 1.29 is 9.18 Å². The zero-order chi connectivity index (χ0) is 12.4. The molecule has 0 aromatic heterocycles. The quantitative estimate of drug-likeness (QED) is 0.906. The van der Waals surface area contributed by atoms with Crippen LogP contribution in [0.25, 0.3) is 0 Å². The molecule has 1 aromatic carbocycles. The summed E-state index contributed by atoms with van der Waals surface area (Å²) in [7, 11) is 0. The van der Waals surface area contributed by atoms with Crippen LogP contribution in [-0.4, -0.2) is 11.9 Å². The van der Waals surface area contributed by atoms with Gasteiger partial charge in [-0.1, -0.05) is 13.3 Å². The van der Waals surface area contributed by atoms with Gasteiger partial charge in [0.05, 0.1) is 5.56 Å². The molecule has 2 nitrogen and oxygen atoms in total. The molecule has 1 N–H and O–H groups in total. The molecule has 0 aliphatic heterocycles. The van der Waals surface area contributed by atoms with E-state index in [-0.39, 0.29) is 17.8 Å². The normalized spacial score (nSPS) is 22.3. The van der Waals surface area contributed by atoms with Crippen molar-refractivity contribution in [3.8, 4) is 0 Å². The fraction of sp³-hybridized carbons (Fsp3) is 0.462. The molecule has 0 bridgehead atoms. The third-order valence-electron chi connectivity index (χ3n) is 3.07. The maximum atomic E-state index is 13.1. The molecule has 0 spiro atoms. The Morgan fingerprint density at radius 2 is 2.35 bits per heavy atom. The van der Waals surface area contributed by atoms with Crippen molar-refractivity contribution in [3.63, 3.8) is 0 Å². The van der Waals surface area contributed by atoms with Crippen LogP contribution in [0.15, 0.2) is 22.7 Å². The lowest BCUT2D eigenvalue weighted by Gasteiger charge is -2.06. The number of carbonyl (C=O) groups is 1. The van der Waals surface area contributed by atoms with Gasteiger partial charge in [-0.15, -0.1) is 0 Å². The van der Waals surface area contributed by atoms with Crippen LogP contribution in [0.5, 0.6) is 0 Å². The highest BCUT2D eigenvalue weighted by molar-refractivity contribution is 9.10. The predicted molar refractivity (Wildman–Crippen MR) is 68.4 cm³/mol. The Morgan fingerprint density at radius 3 is 3.06 bits per heavy atom. The van der Waals surface area contributed by atoms with Crippen LogP contribution in [0.2, 0.25) is 0 Å². The molecule has 0 radical (unpaired) electrons. The fourth-order valence-electron chi connectivity index (χ4n) is 2.03. The second-order valence-electron chi connectivity index (χ2n) is 4.49. The number of hydrogen-bond donors (Lipinski definition) is 1. The molecule has 92 valence electrons. The molecule has 1 aliphatic carbocycles. The van der Waals surface area contributed by atoms with Crippen molar-refractivity contribution in [3.05, 3.63) is 34.1 Å². The Balaban J connectivity index is 1.98. The van der Waals surface area contributed by atoms with E-state index in [9.17, 15) is 9.18 Å². The number of carbonyl (C=O) groups excluding carboxylic acids is 1. The minimum absolute atomic E-state index is 0.194. The maximum Gasteiger partial charge on any atom is 0.252 e. The van der Waals surface area contributed by atoms with E-state index in [1.807, 2.05) is 0 Å². The average Bonchev–Trinajstić information content (AvgIpc) is 3.00. The third kappa shape index (κ3) is 3.06. The molecule has 0 saturated heterocycles. The molecule has 4 heteroatoms. The summed E-state index contributed by atoms with van der Waals surface area (Å²) in [6.07, 6.45) is 3.34. The third-order valence-corrected chi connectivity index (χ3v) is 3.76. The summed E-state index contributed by atoms with van der Waals surface area (Å²) in [6.45, 7) is 2.14. The summed E-state index contributed by atoms with van der Waals surface area (Å²) in [4.78, 5) is 11.9. The minimum Gasteiger partial charge on any atom is -0.349 e. The number of rotatable bonds is 4. The van der Waals surface area contributed by atoms with Crippen LogP contribution in [0.4, 0.5) is 4.39 Å². The fourth-order valence-corrected chi connectivity index (χ4v) is 2.46. The molecule has 0 heterocycles. The Bertz CT molecular complexity index is 435. The maximum absolute atomic E-state index is 13.1. The Kier molecular flexibility index (Phi) is 3.82. The number of amides is 1. The molecular weight excluding hydrogens is 285 g/mol. The molecule has 1 amide bonds. The molecule has 2 rings (SSSR count). The van der Waals surface area contributed by atoms with Gasteiger partial charge in [0, 0.05) is 10.5 Å². The van der Waals surface area contributed by atoms with Gasteiger partial charge < -0.3 is 5.32 Å². The number of halogens is 2. The molecule has 1 aliphatic rings. The van der Waals surface area contributed by atoms with Crippen molar-refractivity contribution in [2.75, 3.05) is 0 Å². The first-order chi connectivity index (χ1) is 8.11. The van der Waals surface area contributed by atoms with Gasteiger partial charge in [0.2, 0.25) is 0 Å². The Hall–Kier alpha value is -0.900. The zero-order valence-electron chi connectivity index (χ0n) is 9.67. The molecular formula is C13H15BrFNO. The number of nitrogens with one attached hydrogen (secondary N) is 1. The van der Waals surface area contributed by atoms with Crippen LogP contribution in [0.3, 0.4) is 0 Å². The van der Waals surface area contributed by atoms with E-state index in [2.05, 4.69) is 28.2 Å². The molecule has 2 atom stereocenters. The monoisotopic (exact) mass is 299 g/mol. The van der Waals surface area contributed by atoms with Crippen molar-refractivity contribution in [1.82, 2.24) is 5.32 Å². The van der Waals surface area contributed by atoms with E-state index in [4.69, 9.17) is 0 Å². The zero-order valence-corrected chi connectivity index (χ0v) is 11.3. The second-order valence-corrected chi connectivity index (χ2v) is 5.34. The van der Waals surface area contributed by atoms with Gasteiger partial charge in [0.1, 0.15) is 5.82 Å². The molecule has 2 unspecified atom stereocenters. The van der Waals surface area contributed by atoms with Crippen LogP contribution in [-0.2, 0) is 0 Å². The van der Waals surface area contributed by atoms with Crippen molar-refractivity contribution in [2.45, 2.75) is 32.2 Å². The van der Waals surface area contributed by atoms with Crippen LogP contribution < -0.4 is 5.32 Å². The lowest BCUT2D eigenvalue weighted by molar-refractivity contribution is 0.0947. The van der Waals surface area contributed by atoms with Gasteiger partial charge >= 0.3 is 0 Å². The average molecular weight is 300 g/mol. The number of benzene rings is 1. The molecule has 17 heavy (non-hydrogen) atoms. The lowest BCUT2D eigenvalue weighted by Crippen LogP contribution is -2.27. The van der Waals surface area contributed by atoms with Crippen LogP contribution >= 0.6 is 15.9 Å². The van der Waals surface area contributed by atoms with Gasteiger partial charge in [0.25, 0.3) is 5.91 Å². The SMILES string of the molecule is CCCC1CC1NC(=O)c1cc(F)ccc1Br. The highest BCUT2D eigenvalue weighted by atomic mass is 79.9. The molecule has 1 fully saturated rings. The first kappa shape index (κ1) is 12.6. The highest BCUT2D eigenvalue weighted by Crippen LogP contribution is 2.35. The predicted octanol–water partition coefficient (Wildman–Crippen LogP) is 3.51. The summed E-state index contributed by atoms with van der Waals surface area (Å²) < 4.78 is 13.7. The molecule has 1 saturated carbocycles. The summed E-state index contributed by atoms with van der Waals surface area (Å²) >= 11 is 3.26. The lowest BCUT2D eigenvalue weighted by atomic mass is 10.2. The molecule has 1 aromatic rings. The standard InChI is InChI=1S/C13H15BrFNO/c1-2-3-8-6-12(8)16-13(17)10-7-9(15)4-5-11(10)14/h4-5,7-8,12H,2-3,6H2,1H3,(H,16,17). The summed E-state index contributed by atoms with van der Waals surface area (Å²) in [5.74, 6) is 0.0236. The smallest absolute Gasteiger partial charge is 0.252 e. The first-order valence-electron chi connectivity index (χ1n) is 5.87. The van der Waals surface area contributed by atoms with Crippen molar-refractivity contribution in [2.24, 2.45) is 5.92 Å². The van der Waals surface area contributed by atoms with Gasteiger partial charge in [0.15, 0.2) is 0 Å². The van der Waals surface area contributed by atoms with Crippen LogP contribution in [0.1, 0.15) is 36.5 Å². The Labute approximate surface area is 109 Å². The van der Waals surface area contributed by atoms with Gasteiger partial charge in [-0.05, 0) is 52.9 Å². The van der Waals surface area contributed by atoms with Crippen molar-refractivity contribution >= 4 is 21.8 Å². The second kappa shape index (κ2) is 5.17. The van der Waals surface area contributed by atoms with E-state index in [1.54, 1.807) is 6.07 Å². The summed E-state index contributed by atoms with van der Waals surface area (Å²) in [6, 6.07) is 4.42. The van der Waals surface area contributed by atoms with Gasteiger partial charge in [-0.25, -0.2) is 4.39 Å². The van der Waals surface area contributed by atoms with Crippen molar-refractivity contribution in [1.29, 1.82) is 0 Å². The minimum atomic E-state index is -0.390. The topological polar surface area (TPSA) is 29.1 Å².